The van der Waals surface area contributed by atoms with Gasteiger partial charge < -0.3 is 10.2 Å². The molecule has 1 aromatic heterocycles. The molecule has 1 atom stereocenters. The second kappa shape index (κ2) is 7.06. The summed E-state index contributed by atoms with van der Waals surface area (Å²) in [6.07, 6.45) is 4.82. The van der Waals surface area contributed by atoms with Crippen LogP contribution >= 0.6 is 0 Å². The van der Waals surface area contributed by atoms with E-state index in [4.69, 9.17) is 4.98 Å². The average molecular weight is 353 g/mol. The molecule has 0 spiro atoms. The standard InChI is InChI=1S/C21H24FN3O/c1-14(23-21(26)16-6-8-17(22)9-7-16)18-10-11-20-19(24-18)3-2-12-25(20)13-15-4-5-15/h6-11,14-15H,2-5,12-13H2,1H3,(H,23,26). The molecule has 4 rings (SSSR count). The van der Waals surface area contributed by atoms with Crippen molar-refractivity contribution < 1.29 is 9.18 Å². The van der Waals surface area contributed by atoms with Crippen molar-refractivity contribution in [2.75, 3.05) is 18.0 Å². The van der Waals surface area contributed by atoms with Crippen LogP contribution in [0.4, 0.5) is 10.1 Å². The van der Waals surface area contributed by atoms with Crippen LogP contribution in [0.15, 0.2) is 36.4 Å². The zero-order valence-corrected chi connectivity index (χ0v) is 15.0. The number of hydrogen-bond acceptors (Lipinski definition) is 3. The topological polar surface area (TPSA) is 45.2 Å². The van der Waals surface area contributed by atoms with Gasteiger partial charge in [-0.05, 0) is 74.9 Å². The summed E-state index contributed by atoms with van der Waals surface area (Å²) in [5.74, 6) is 0.295. The van der Waals surface area contributed by atoms with Gasteiger partial charge in [0.05, 0.1) is 23.1 Å². The summed E-state index contributed by atoms with van der Waals surface area (Å²) in [6.45, 7) is 4.19. The molecule has 2 heterocycles. The van der Waals surface area contributed by atoms with Crippen molar-refractivity contribution in [2.24, 2.45) is 5.92 Å². The monoisotopic (exact) mass is 353 g/mol. The largest absolute Gasteiger partial charge is 0.370 e. The second-order valence-electron chi connectivity index (χ2n) is 7.40. The molecule has 0 radical (unpaired) electrons. The lowest BCUT2D eigenvalue weighted by Gasteiger charge is -2.31. The van der Waals surface area contributed by atoms with E-state index in [9.17, 15) is 9.18 Å². The van der Waals surface area contributed by atoms with Crippen molar-refractivity contribution in [1.29, 1.82) is 0 Å². The van der Waals surface area contributed by atoms with Crippen LogP contribution in [0.1, 0.15) is 54.0 Å². The zero-order valence-electron chi connectivity index (χ0n) is 15.0. The van der Waals surface area contributed by atoms with Crippen LogP contribution in [0.3, 0.4) is 0 Å². The van der Waals surface area contributed by atoms with Crippen LogP contribution in [0.5, 0.6) is 0 Å². The normalized spacial score (nSPS) is 17.5. The van der Waals surface area contributed by atoms with E-state index in [1.807, 2.05) is 13.0 Å². The van der Waals surface area contributed by atoms with Gasteiger partial charge in [0.15, 0.2) is 0 Å². The van der Waals surface area contributed by atoms with Crippen molar-refractivity contribution >= 4 is 11.6 Å². The number of hydrogen-bond donors (Lipinski definition) is 1. The molecule has 26 heavy (non-hydrogen) atoms. The zero-order chi connectivity index (χ0) is 18.1. The number of fused-ring (bicyclic) bond motifs is 1. The number of carbonyl (C=O) groups is 1. The highest BCUT2D eigenvalue weighted by Crippen LogP contribution is 2.34. The van der Waals surface area contributed by atoms with Crippen LogP contribution in [0.25, 0.3) is 0 Å². The molecule has 1 fully saturated rings. The van der Waals surface area contributed by atoms with E-state index in [1.165, 1.54) is 42.8 Å². The Morgan fingerprint density at radius 2 is 2.04 bits per heavy atom. The lowest BCUT2D eigenvalue weighted by molar-refractivity contribution is 0.0939. The van der Waals surface area contributed by atoms with E-state index in [2.05, 4.69) is 16.3 Å². The molecular formula is C21H24FN3O. The molecule has 0 saturated heterocycles. The van der Waals surface area contributed by atoms with E-state index in [1.54, 1.807) is 0 Å². The third-order valence-electron chi connectivity index (χ3n) is 5.23. The lowest BCUT2D eigenvalue weighted by Crippen LogP contribution is -2.32. The molecule has 0 bridgehead atoms. The summed E-state index contributed by atoms with van der Waals surface area (Å²) in [6, 6.07) is 9.55. The summed E-state index contributed by atoms with van der Waals surface area (Å²) < 4.78 is 13.0. The fraction of sp³-hybridized carbons (Fsp3) is 0.429. The van der Waals surface area contributed by atoms with Crippen molar-refractivity contribution in [3.05, 3.63) is 59.2 Å². The second-order valence-corrected chi connectivity index (χ2v) is 7.40. The van der Waals surface area contributed by atoms with Gasteiger partial charge in [0, 0.05) is 18.7 Å². The Morgan fingerprint density at radius 1 is 1.27 bits per heavy atom. The molecule has 1 aliphatic heterocycles. The smallest absolute Gasteiger partial charge is 0.251 e. The SMILES string of the molecule is CC(NC(=O)c1ccc(F)cc1)c1ccc2c(n1)CCCN2CC1CC1. The maximum absolute atomic E-state index is 13.0. The van der Waals surface area contributed by atoms with Gasteiger partial charge in [-0.15, -0.1) is 0 Å². The summed E-state index contributed by atoms with van der Waals surface area (Å²) in [5.41, 5.74) is 3.71. The van der Waals surface area contributed by atoms with Crippen molar-refractivity contribution in [2.45, 2.75) is 38.6 Å². The van der Waals surface area contributed by atoms with Gasteiger partial charge in [-0.25, -0.2) is 4.39 Å². The number of halogens is 1. The first kappa shape index (κ1) is 17.0. The molecule has 2 aliphatic rings. The van der Waals surface area contributed by atoms with E-state index in [0.29, 0.717) is 5.56 Å². The van der Waals surface area contributed by atoms with Crippen LogP contribution < -0.4 is 10.2 Å². The van der Waals surface area contributed by atoms with E-state index >= 15 is 0 Å². The Kier molecular flexibility index (Phi) is 4.62. The molecule has 1 aromatic carbocycles. The van der Waals surface area contributed by atoms with Crippen LogP contribution in [0.2, 0.25) is 0 Å². The molecule has 1 aliphatic carbocycles. The number of carbonyl (C=O) groups excluding carboxylic acids is 1. The third-order valence-corrected chi connectivity index (χ3v) is 5.23. The number of benzene rings is 1. The highest BCUT2D eigenvalue weighted by molar-refractivity contribution is 5.94. The van der Waals surface area contributed by atoms with Crippen molar-refractivity contribution in [3.63, 3.8) is 0 Å². The predicted molar refractivity (Wildman–Crippen MR) is 99.8 cm³/mol. The Morgan fingerprint density at radius 3 is 2.77 bits per heavy atom. The van der Waals surface area contributed by atoms with Gasteiger partial charge in [-0.3, -0.25) is 9.78 Å². The maximum atomic E-state index is 13.0. The average Bonchev–Trinajstić information content (AvgIpc) is 3.46. The van der Waals surface area contributed by atoms with Crippen molar-refractivity contribution in [1.82, 2.24) is 10.3 Å². The molecule has 1 N–H and O–H groups in total. The molecule has 1 saturated carbocycles. The van der Waals surface area contributed by atoms with E-state index in [-0.39, 0.29) is 17.8 Å². The van der Waals surface area contributed by atoms with Crippen molar-refractivity contribution in [3.8, 4) is 0 Å². The van der Waals surface area contributed by atoms with Crippen LogP contribution in [-0.4, -0.2) is 24.0 Å². The van der Waals surface area contributed by atoms with E-state index in [0.717, 1.165) is 43.2 Å². The van der Waals surface area contributed by atoms with Gasteiger partial charge in [-0.2, -0.15) is 0 Å². The first-order valence-electron chi connectivity index (χ1n) is 9.41. The third kappa shape index (κ3) is 3.71. The molecule has 1 unspecified atom stereocenters. The molecule has 136 valence electrons. The molecule has 4 nitrogen and oxygen atoms in total. The van der Waals surface area contributed by atoms with Gasteiger partial charge >= 0.3 is 0 Å². The number of amides is 1. The Labute approximate surface area is 153 Å². The van der Waals surface area contributed by atoms with Crippen LogP contribution in [0, 0.1) is 11.7 Å². The predicted octanol–water partition coefficient (Wildman–Crippen LogP) is 3.87. The molecular weight excluding hydrogens is 329 g/mol. The maximum Gasteiger partial charge on any atom is 0.251 e. The molecule has 1 amide bonds. The Hall–Kier alpha value is -2.43. The summed E-state index contributed by atoms with van der Waals surface area (Å²) in [7, 11) is 0. The molecule has 5 heteroatoms. The quantitative estimate of drug-likeness (QED) is 0.887. The minimum Gasteiger partial charge on any atom is -0.370 e. The van der Waals surface area contributed by atoms with Crippen LogP contribution in [-0.2, 0) is 6.42 Å². The summed E-state index contributed by atoms with van der Waals surface area (Å²) in [5, 5.41) is 2.95. The number of aryl methyl sites for hydroxylation is 1. The Bertz CT molecular complexity index is 801. The van der Waals surface area contributed by atoms with Gasteiger partial charge in [-0.1, -0.05) is 0 Å². The van der Waals surface area contributed by atoms with Gasteiger partial charge in [0.25, 0.3) is 5.91 Å². The number of anilines is 1. The first-order chi connectivity index (χ1) is 12.6. The molecule has 2 aromatic rings. The minimum absolute atomic E-state index is 0.198. The van der Waals surface area contributed by atoms with Gasteiger partial charge in [0.2, 0.25) is 0 Å². The summed E-state index contributed by atoms with van der Waals surface area (Å²) >= 11 is 0. The number of nitrogens with zero attached hydrogens (tertiary/aromatic N) is 2. The summed E-state index contributed by atoms with van der Waals surface area (Å²) in [4.78, 5) is 19.6. The fourth-order valence-electron chi connectivity index (χ4n) is 3.54. The number of pyridine rings is 1. The number of rotatable bonds is 5. The lowest BCUT2D eigenvalue weighted by atomic mass is 10.0. The number of aromatic nitrogens is 1. The first-order valence-corrected chi connectivity index (χ1v) is 9.41. The fourth-order valence-corrected chi connectivity index (χ4v) is 3.54. The Balaban J connectivity index is 1.47. The number of nitrogens with one attached hydrogen (secondary N) is 1. The van der Waals surface area contributed by atoms with Gasteiger partial charge in [0.1, 0.15) is 5.82 Å². The highest BCUT2D eigenvalue weighted by Gasteiger charge is 2.27. The highest BCUT2D eigenvalue weighted by atomic mass is 19.1. The minimum atomic E-state index is -0.346. The van der Waals surface area contributed by atoms with E-state index < -0.39 is 0 Å².